The number of carbonyl (C=O) groups excluding carboxylic acids is 1. The van der Waals surface area contributed by atoms with Crippen LogP contribution in [0.25, 0.3) is 28.0 Å². The lowest BCUT2D eigenvalue weighted by Gasteiger charge is -2.12. The van der Waals surface area contributed by atoms with Gasteiger partial charge < -0.3 is 14.2 Å². The summed E-state index contributed by atoms with van der Waals surface area (Å²) in [6, 6.07) is 21.2. The fourth-order valence-corrected chi connectivity index (χ4v) is 4.43. The third kappa shape index (κ3) is 4.29. The van der Waals surface area contributed by atoms with E-state index < -0.39 is 0 Å². The smallest absolute Gasteiger partial charge is 0.231 e. The van der Waals surface area contributed by atoms with E-state index in [4.69, 9.17) is 8.83 Å². The Balaban J connectivity index is 1.33. The highest BCUT2D eigenvalue weighted by Gasteiger charge is 2.20. The summed E-state index contributed by atoms with van der Waals surface area (Å²) in [5.74, 6) is 2.23. The lowest BCUT2D eigenvalue weighted by Crippen LogP contribution is -2.28. The molecule has 0 bridgehead atoms. The molecule has 0 aliphatic carbocycles. The van der Waals surface area contributed by atoms with E-state index in [1.54, 1.807) is 6.26 Å². The lowest BCUT2D eigenvalue weighted by molar-refractivity contribution is -0.119. The van der Waals surface area contributed by atoms with E-state index in [1.807, 2.05) is 85.1 Å². The van der Waals surface area contributed by atoms with Gasteiger partial charge in [-0.25, -0.2) is 0 Å². The second kappa shape index (κ2) is 8.99. The van der Waals surface area contributed by atoms with Crippen molar-refractivity contribution in [3.8, 4) is 17.1 Å². The van der Waals surface area contributed by atoms with Crippen LogP contribution in [0.1, 0.15) is 24.5 Å². The fourth-order valence-electron chi connectivity index (χ4n) is 3.66. The van der Waals surface area contributed by atoms with Gasteiger partial charge in [0.1, 0.15) is 17.1 Å². The zero-order chi connectivity index (χ0) is 22.8. The van der Waals surface area contributed by atoms with Crippen LogP contribution in [0.15, 0.2) is 87.0 Å². The maximum Gasteiger partial charge on any atom is 0.231 e. The Morgan fingerprint density at radius 3 is 2.64 bits per heavy atom. The number of carbonyl (C=O) groups is 1. The monoisotopic (exact) mass is 458 g/mol. The number of hydrogen-bond acceptors (Lipinski definition) is 6. The Morgan fingerprint density at radius 1 is 1.09 bits per heavy atom. The number of hydrogen-bond donors (Lipinski definition) is 1. The predicted molar refractivity (Wildman–Crippen MR) is 127 cm³/mol. The number of amides is 1. The van der Waals surface area contributed by atoms with Crippen LogP contribution < -0.4 is 5.32 Å². The number of para-hydroxylation sites is 2. The molecule has 1 atom stereocenters. The molecular weight excluding hydrogens is 436 g/mol. The molecule has 2 aromatic carbocycles. The number of thioether (sulfide) groups is 1. The van der Waals surface area contributed by atoms with Crippen molar-refractivity contribution in [1.82, 2.24) is 20.1 Å². The van der Waals surface area contributed by atoms with Gasteiger partial charge in [-0.2, -0.15) is 0 Å². The van der Waals surface area contributed by atoms with Crippen LogP contribution in [0.3, 0.4) is 0 Å². The topological polar surface area (TPSA) is 86.1 Å². The van der Waals surface area contributed by atoms with E-state index in [1.165, 1.54) is 11.8 Å². The Hall–Kier alpha value is -3.78. The number of aryl methyl sites for hydroxylation is 1. The van der Waals surface area contributed by atoms with Gasteiger partial charge >= 0.3 is 0 Å². The molecule has 166 valence electrons. The van der Waals surface area contributed by atoms with Gasteiger partial charge in [-0.1, -0.05) is 48.2 Å². The Morgan fingerprint density at radius 2 is 1.88 bits per heavy atom. The summed E-state index contributed by atoms with van der Waals surface area (Å²) in [6.45, 7) is 3.80. The molecule has 3 heterocycles. The third-order valence-corrected chi connectivity index (χ3v) is 6.26. The quantitative estimate of drug-likeness (QED) is 0.322. The number of furan rings is 2. The first-order valence-corrected chi connectivity index (χ1v) is 11.5. The molecule has 8 heteroatoms. The first kappa shape index (κ1) is 21.1. The summed E-state index contributed by atoms with van der Waals surface area (Å²) < 4.78 is 13.3. The summed E-state index contributed by atoms with van der Waals surface area (Å²) in [5, 5.41) is 13.4. The highest BCUT2D eigenvalue weighted by molar-refractivity contribution is 7.99. The van der Waals surface area contributed by atoms with Gasteiger partial charge in [-0.15, -0.1) is 10.2 Å². The minimum absolute atomic E-state index is 0.114. The summed E-state index contributed by atoms with van der Waals surface area (Å²) in [6.07, 6.45) is 1.63. The first-order chi connectivity index (χ1) is 16.1. The zero-order valence-electron chi connectivity index (χ0n) is 18.2. The SMILES string of the molecule is Cc1occc1-c1nnc(SCC(=O)NC(C)c2cc3ccccc3o2)n1-c1ccccc1. The second-order valence-electron chi connectivity index (χ2n) is 7.63. The standard InChI is InChI=1S/C25H22N4O3S/c1-16(22-14-18-8-6-7-11-21(18)32-22)26-23(30)15-33-25-28-27-24(20-12-13-31-17(20)2)29(25)19-9-4-3-5-10-19/h3-14,16H,15H2,1-2H3,(H,26,30). The van der Waals surface area contributed by atoms with E-state index in [0.29, 0.717) is 11.0 Å². The maximum absolute atomic E-state index is 12.7. The van der Waals surface area contributed by atoms with Crippen molar-refractivity contribution in [1.29, 1.82) is 0 Å². The van der Waals surface area contributed by atoms with Gasteiger partial charge in [0.2, 0.25) is 5.91 Å². The van der Waals surface area contributed by atoms with Crippen LogP contribution in [-0.2, 0) is 4.79 Å². The molecule has 5 rings (SSSR count). The van der Waals surface area contributed by atoms with E-state index in [2.05, 4.69) is 15.5 Å². The number of nitrogens with zero attached hydrogens (tertiary/aromatic N) is 3. The van der Waals surface area contributed by atoms with Gasteiger partial charge in [0.05, 0.1) is 23.6 Å². The van der Waals surface area contributed by atoms with Crippen LogP contribution in [0, 0.1) is 6.92 Å². The largest absolute Gasteiger partial charge is 0.469 e. The number of benzene rings is 2. The molecule has 0 fully saturated rings. The highest BCUT2D eigenvalue weighted by atomic mass is 32.2. The van der Waals surface area contributed by atoms with Gasteiger partial charge in [0, 0.05) is 11.1 Å². The summed E-state index contributed by atoms with van der Waals surface area (Å²) in [7, 11) is 0. The van der Waals surface area contributed by atoms with E-state index in [0.717, 1.165) is 33.7 Å². The number of fused-ring (bicyclic) bond motifs is 1. The van der Waals surface area contributed by atoms with Crippen molar-refractivity contribution >= 4 is 28.6 Å². The minimum Gasteiger partial charge on any atom is -0.469 e. The predicted octanol–water partition coefficient (Wildman–Crippen LogP) is 5.55. The van der Waals surface area contributed by atoms with E-state index in [-0.39, 0.29) is 17.7 Å². The van der Waals surface area contributed by atoms with Crippen LogP contribution in [0.4, 0.5) is 0 Å². The van der Waals surface area contributed by atoms with Gasteiger partial charge in [0.25, 0.3) is 0 Å². The third-order valence-electron chi connectivity index (χ3n) is 5.33. The van der Waals surface area contributed by atoms with Crippen LogP contribution in [-0.4, -0.2) is 26.4 Å². The molecule has 3 aromatic heterocycles. The molecule has 1 amide bonds. The Bertz CT molecular complexity index is 1370. The van der Waals surface area contributed by atoms with Crippen molar-refractivity contribution in [3.63, 3.8) is 0 Å². The average Bonchev–Trinajstić information content (AvgIpc) is 3.55. The first-order valence-electron chi connectivity index (χ1n) is 10.6. The summed E-state index contributed by atoms with van der Waals surface area (Å²) in [5.41, 5.74) is 2.58. The van der Waals surface area contributed by atoms with Crippen molar-refractivity contribution in [2.75, 3.05) is 5.75 Å². The second-order valence-corrected chi connectivity index (χ2v) is 8.57. The molecule has 1 unspecified atom stereocenters. The summed E-state index contributed by atoms with van der Waals surface area (Å²) in [4.78, 5) is 12.7. The molecule has 0 spiro atoms. The average molecular weight is 459 g/mol. The molecule has 33 heavy (non-hydrogen) atoms. The van der Waals surface area contributed by atoms with Gasteiger partial charge in [0.15, 0.2) is 11.0 Å². The van der Waals surface area contributed by atoms with Gasteiger partial charge in [-0.3, -0.25) is 9.36 Å². The number of aromatic nitrogens is 3. The van der Waals surface area contributed by atoms with Crippen LogP contribution >= 0.6 is 11.8 Å². The minimum atomic E-state index is -0.248. The number of nitrogens with one attached hydrogen (secondary N) is 1. The highest BCUT2D eigenvalue weighted by Crippen LogP contribution is 2.30. The molecule has 1 N–H and O–H groups in total. The molecule has 0 aliphatic rings. The molecule has 7 nitrogen and oxygen atoms in total. The van der Waals surface area contributed by atoms with Gasteiger partial charge in [-0.05, 0) is 44.2 Å². The zero-order valence-corrected chi connectivity index (χ0v) is 19.0. The Labute approximate surface area is 194 Å². The molecule has 0 saturated heterocycles. The van der Waals surface area contributed by atoms with E-state index >= 15 is 0 Å². The summed E-state index contributed by atoms with van der Waals surface area (Å²) >= 11 is 1.33. The maximum atomic E-state index is 12.7. The van der Waals surface area contributed by atoms with Crippen LogP contribution in [0.2, 0.25) is 0 Å². The molecule has 0 radical (unpaired) electrons. The van der Waals surface area contributed by atoms with Crippen LogP contribution in [0.5, 0.6) is 0 Å². The fraction of sp³-hybridized carbons (Fsp3) is 0.160. The molecule has 0 aliphatic heterocycles. The molecule has 5 aromatic rings. The molecular formula is C25H22N4O3S. The van der Waals surface area contributed by atoms with E-state index in [9.17, 15) is 4.79 Å². The van der Waals surface area contributed by atoms with Crippen molar-refractivity contribution in [2.24, 2.45) is 0 Å². The Kier molecular flexibility index (Phi) is 5.75. The number of rotatable bonds is 7. The van der Waals surface area contributed by atoms with Crippen molar-refractivity contribution in [2.45, 2.75) is 25.0 Å². The van der Waals surface area contributed by atoms with Crippen molar-refractivity contribution in [3.05, 3.63) is 84.5 Å². The lowest BCUT2D eigenvalue weighted by atomic mass is 10.2. The molecule has 0 saturated carbocycles. The van der Waals surface area contributed by atoms with Crippen molar-refractivity contribution < 1.29 is 13.6 Å². The normalized spacial score (nSPS) is 12.2.